The van der Waals surface area contributed by atoms with Crippen LogP contribution >= 0.6 is 0 Å². The summed E-state index contributed by atoms with van der Waals surface area (Å²) in [6.07, 6.45) is 5.08. The van der Waals surface area contributed by atoms with Gasteiger partial charge < -0.3 is 0 Å². The van der Waals surface area contributed by atoms with Gasteiger partial charge in [0.05, 0.1) is 10.6 Å². The minimum atomic E-state index is -0.868. The maximum absolute atomic E-state index is 13.0. The van der Waals surface area contributed by atoms with Crippen molar-refractivity contribution in [3.8, 4) is 22.5 Å². The first-order valence-electron chi connectivity index (χ1n) is 16.3. The third-order valence-corrected chi connectivity index (χ3v) is 9.03. The lowest BCUT2D eigenvalue weighted by molar-refractivity contribution is -0.684. The summed E-state index contributed by atoms with van der Waals surface area (Å²) in [7, 11) is 0. The molecule has 7 heteroatoms. The van der Waals surface area contributed by atoms with Crippen molar-refractivity contribution in [1.29, 1.82) is 0 Å². The van der Waals surface area contributed by atoms with Gasteiger partial charge >= 0.3 is 0 Å². The van der Waals surface area contributed by atoms with Gasteiger partial charge in [0.15, 0.2) is 5.82 Å². The Morgan fingerprint density at radius 2 is 1.21 bits per heavy atom. The van der Waals surface area contributed by atoms with Crippen molar-refractivity contribution >= 4 is 0 Å². The zero-order chi connectivity index (χ0) is 32.1. The molecule has 0 saturated heterocycles. The van der Waals surface area contributed by atoms with Crippen molar-refractivity contribution in [1.82, 2.24) is 25.2 Å². The van der Waals surface area contributed by atoms with Gasteiger partial charge in [-0.05, 0) is 56.6 Å². The summed E-state index contributed by atoms with van der Waals surface area (Å²) >= 11 is 0. The Balaban J connectivity index is 1.41. The van der Waals surface area contributed by atoms with Crippen molar-refractivity contribution in [2.24, 2.45) is 0 Å². The predicted octanol–water partition coefficient (Wildman–Crippen LogP) is 8.43. The van der Waals surface area contributed by atoms with Crippen LogP contribution in [0.25, 0.3) is 22.5 Å². The highest BCUT2D eigenvalue weighted by Crippen LogP contribution is 2.43. The highest BCUT2D eigenvalue weighted by Gasteiger charge is 2.42. The van der Waals surface area contributed by atoms with Crippen LogP contribution in [-0.2, 0) is 12.1 Å². The molecule has 5 aromatic carbocycles. The van der Waals surface area contributed by atoms with Crippen LogP contribution in [0.4, 0.5) is 0 Å². The van der Waals surface area contributed by atoms with E-state index in [1.54, 1.807) is 0 Å². The Hall–Kier alpha value is -5.69. The van der Waals surface area contributed by atoms with E-state index in [9.17, 15) is 4.91 Å². The van der Waals surface area contributed by atoms with Crippen LogP contribution in [0.5, 0.6) is 0 Å². The van der Waals surface area contributed by atoms with Crippen LogP contribution in [0.1, 0.15) is 48.4 Å². The zero-order valence-corrected chi connectivity index (χ0v) is 26.5. The fraction of sp³-hybridized carbons (Fsp3) is 0.175. The quantitative estimate of drug-likeness (QED) is 0.108. The molecule has 0 fully saturated rings. The zero-order valence-electron chi connectivity index (χ0n) is 26.5. The first-order chi connectivity index (χ1) is 23.2. The van der Waals surface area contributed by atoms with Crippen LogP contribution < -0.4 is 0 Å². The number of nitrogens with zero attached hydrogens (tertiary/aromatic N) is 6. The van der Waals surface area contributed by atoms with Crippen molar-refractivity contribution in [2.45, 2.75) is 38.3 Å². The molecule has 1 aliphatic heterocycles. The third kappa shape index (κ3) is 5.54. The van der Waals surface area contributed by atoms with E-state index in [2.05, 4.69) is 115 Å². The third-order valence-electron chi connectivity index (χ3n) is 9.03. The van der Waals surface area contributed by atoms with E-state index in [0.717, 1.165) is 68.8 Å². The van der Waals surface area contributed by atoms with Crippen molar-refractivity contribution in [2.75, 3.05) is 6.54 Å². The number of aromatic nitrogens is 4. The summed E-state index contributed by atoms with van der Waals surface area (Å²) in [6.45, 7) is 3.04. The molecule has 232 valence electrons. The first kappa shape index (κ1) is 30.0. The molecule has 7 rings (SSSR count). The number of allylic oxidation sites excluding steroid dienone is 1. The van der Waals surface area contributed by atoms with E-state index in [0.29, 0.717) is 18.9 Å². The highest BCUT2D eigenvalue weighted by atomic mass is 16.3. The smallest absolute Gasteiger partial charge is 0.205 e. The number of benzene rings is 5. The lowest BCUT2D eigenvalue weighted by Gasteiger charge is -2.36. The molecule has 0 unspecified atom stereocenters. The minimum Gasteiger partial charge on any atom is -0.205 e. The maximum Gasteiger partial charge on any atom is 0.246 e. The molecule has 2 heterocycles. The van der Waals surface area contributed by atoms with Crippen molar-refractivity contribution in [3.05, 3.63) is 178 Å². The Bertz CT molecular complexity index is 1910. The summed E-state index contributed by atoms with van der Waals surface area (Å²) in [4.78, 5) is 14.0. The molecule has 0 N–H and O–H groups in total. The molecule has 7 nitrogen and oxygen atoms in total. The predicted molar refractivity (Wildman–Crippen MR) is 185 cm³/mol. The molecule has 0 aliphatic carbocycles. The van der Waals surface area contributed by atoms with E-state index in [1.807, 2.05) is 52.2 Å². The Labute approximate surface area is 275 Å². The summed E-state index contributed by atoms with van der Waals surface area (Å²) < 4.78 is 1.97. The van der Waals surface area contributed by atoms with E-state index >= 15 is 0 Å². The second-order valence-electron chi connectivity index (χ2n) is 11.8. The molecule has 6 aromatic rings. The van der Waals surface area contributed by atoms with E-state index in [4.69, 9.17) is 10.3 Å². The average molecular weight is 618 g/mol. The fourth-order valence-electron chi connectivity index (χ4n) is 6.78. The molecule has 0 radical (unpaired) electrons. The number of hydrogen-bond acceptors (Lipinski definition) is 4. The molecule has 1 aromatic heterocycles. The van der Waals surface area contributed by atoms with Gasteiger partial charge in [-0.2, -0.15) is 0 Å². The topological polar surface area (TPSA) is 66.9 Å². The summed E-state index contributed by atoms with van der Waals surface area (Å²) in [5.41, 5.74) is 7.35. The van der Waals surface area contributed by atoms with Gasteiger partial charge in [0.1, 0.15) is 17.0 Å². The minimum absolute atomic E-state index is 0.382. The SMILES string of the molecule is CCCCC1=CC[N+](=O)N1Cc1ccccc1-c1ccccc1-c1nnnn1C(c1ccccc1)(c1ccccc1)c1ccccc1. The molecule has 0 atom stereocenters. The number of nitroso groups, excluding NO2 is 1. The molecule has 0 bridgehead atoms. The van der Waals surface area contributed by atoms with Crippen LogP contribution in [0.15, 0.2) is 151 Å². The van der Waals surface area contributed by atoms with Crippen LogP contribution in [0.3, 0.4) is 0 Å². The van der Waals surface area contributed by atoms with Gasteiger partial charge in [0.2, 0.25) is 6.54 Å². The average Bonchev–Trinajstić information content (AvgIpc) is 3.76. The summed E-state index contributed by atoms with van der Waals surface area (Å²) in [6, 6.07) is 47.9. The Kier molecular flexibility index (Phi) is 8.52. The number of unbranched alkanes of at least 4 members (excludes halogenated alkanes) is 1. The van der Waals surface area contributed by atoms with E-state index in [1.165, 1.54) is 0 Å². The summed E-state index contributed by atoms with van der Waals surface area (Å²) in [5.74, 6) is 0.641. The van der Waals surface area contributed by atoms with Gasteiger partial charge in [0.25, 0.3) is 0 Å². The standard InChI is InChI=1S/C40H37N6O/c1-2-3-24-35-28-29-45(47)44(35)30-31-17-13-14-25-36(31)37-26-15-16-27-38(37)39-41-42-43-46(39)40(32-18-7-4-8-19-32,33-20-9-5-10-21-33)34-22-11-6-12-23-34/h4-23,25-28H,2-3,24,29-30H2,1H3/q+1. The van der Waals surface area contributed by atoms with E-state index < -0.39 is 5.54 Å². The van der Waals surface area contributed by atoms with Gasteiger partial charge in [-0.3, -0.25) is 0 Å². The molecule has 47 heavy (non-hydrogen) atoms. The number of rotatable bonds is 11. The molecule has 0 amide bonds. The molecular formula is C40H37N6O+. The molecule has 0 saturated carbocycles. The number of hydrazine groups is 1. The largest absolute Gasteiger partial charge is 0.246 e. The second-order valence-corrected chi connectivity index (χ2v) is 11.8. The normalized spacial score (nSPS) is 13.2. The van der Waals surface area contributed by atoms with Gasteiger partial charge in [-0.1, -0.05) is 153 Å². The van der Waals surface area contributed by atoms with Gasteiger partial charge in [0, 0.05) is 11.6 Å². The molecule has 1 aliphatic rings. The number of hydrogen-bond donors (Lipinski definition) is 0. The van der Waals surface area contributed by atoms with Crippen molar-refractivity contribution in [3.63, 3.8) is 0 Å². The maximum atomic E-state index is 13.0. The monoisotopic (exact) mass is 617 g/mol. The van der Waals surface area contributed by atoms with Gasteiger partial charge in [-0.15, -0.1) is 10.1 Å². The van der Waals surface area contributed by atoms with Crippen LogP contribution in [0, 0.1) is 4.91 Å². The summed E-state index contributed by atoms with van der Waals surface area (Å²) in [5, 5.41) is 15.7. The molecule has 0 spiro atoms. The van der Waals surface area contributed by atoms with Gasteiger partial charge in [-0.25, -0.2) is 4.68 Å². The fourth-order valence-corrected chi connectivity index (χ4v) is 6.78. The van der Waals surface area contributed by atoms with Crippen molar-refractivity contribution < 1.29 is 4.87 Å². The van der Waals surface area contributed by atoms with Crippen LogP contribution in [-0.4, -0.2) is 36.6 Å². The van der Waals surface area contributed by atoms with E-state index in [-0.39, 0.29) is 0 Å². The Morgan fingerprint density at radius 3 is 1.81 bits per heavy atom. The second kappa shape index (κ2) is 13.3. The first-order valence-corrected chi connectivity index (χ1v) is 16.3. The Morgan fingerprint density at radius 1 is 0.681 bits per heavy atom. The highest BCUT2D eigenvalue weighted by molar-refractivity contribution is 5.82. The lowest BCUT2D eigenvalue weighted by atomic mass is 9.77. The van der Waals surface area contributed by atoms with Crippen LogP contribution in [0.2, 0.25) is 0 Å². The molecular weight excluding hydrogens is 580 g/mol. The lowest BCUT2D eigenvalue weighted by Crippen LogP contribution is -2.39. The number of tetrazole rings is 1.